The van der Waals surface area contributed by atoms with E-state index < -0.39 is 10.0 Å². The van der Waals surface area contributed by atoms with Gasteiger partial charge in [0.2, 0.25) is 10.0 Å². The molecular weight excluding hydrogens is 250 g/mol. The van der Waals surface area contributed by atoms with Gasteiger partial charge in [-0.25, -0.2) is 8.42 Å². The first-order valence-corrected chi connectivity index (χ1v) is 7.44. The van der Waals surface area contributed by atoms with Gasteiger partial charge >= 0.3 is 0 Å². The quantitative estimate of drug-likeness (QED) is 0.792. The lowest BCUT2D eigenvalue weighted by Gasteiger charge is -2.18. The standard InChI is InChI=1S/C13H19NO3S/c1-4-14(5-2)18(16,17)13-8-6-12(7-9-13)10-11(3)15/h6-9H,4-5,10H2,1-3H3. The first kappa shape index (κ1) is 14.9. The average Bonchev–Trinajstić information content (AvgIpc) is 2.30. The highest BCUT2D eigenvalue weighted by molar-refractivity contribution is 7.89. The molecule has 0 aliphatic rings. The van der Waals surface area contributed by atoms with E-state index in [1.165, 1.54) is 11.2 Å². The number of benzene rings is 1. The molecule has 0 atom stereocenters. The molecule has 0 N–H and O–H groups in total. The third-order valence-corrected chi connectivity index (χ3v) is 4.78. The number of hydrogen-bond acceptors (Lipinski definition) is 3. The van der Waals surface area contributed by atoms with Gasteiger partial charge in [0.15, 0.2) is 0 Å². The molecule has 0 heterocycles. The highest BCUT2D eigenvalue weighted by atomic mass is 32.2. The van der Waals surface area contributed by atoms with Crippen LogP contribution in [0.3, 0.4) is 0 Å². The molecule has 0 aromatic heterocycles. The molecule has 4 nitrogen and oxygen atoms in total. The predicted octanol–water partition coefficient (Wildman–Crippen LogP) is 1.85. The number of hydrogen-bond donors (Lipinski definition) is 0. The summed E-state index contributed by atoms with van der Waals surface area (Å²) in [4.78, 5) is 11.2. The Morgan fingerprint density at radius 3 is 2.00 bits per heavy atom. The van der Waals surface area contributed by atoms with Crippen molar-refractivity contribution < 1.29 is 13.2 Å². The molecule has 5 heteroatoms. The van der Waals surface area contributed by atoms with Crippen LogP contribution in [-0.2, 0) is 21.2 Å². The van der Waals surface area contributed by atoms with Crippen LogP contribution in [0.2, 0.25) is 0 Å². The van der Waals surface area contributed by atoms with E-state index in [9.17, 15) is 13.2 Å². The topological polar surface area (TPSA) is 54.5 Å². The summed E-state index contributed by atoms with van der Waals surface area (Å²) in [6.07, 6.45) is 0.339. The van der Waals surface area contributed by atoms with E-state index >= 15 is 0 Å². The van der Waals surface area contributed by atoms with Crippen molar-refractivity contribution in [3.8, 4) is 0 Å². The lowest BCUT2D eigenvalue weighted by Crippen LogP contribution is -2.30. The molecule has 0 spiro atoms. The van der Waals surface area contributed by atoms with E-state index in [4.69, 9.17) is 0 Å². The Morgan fingerprint density at radius 2 is 1.61 bits per heavy atom. The van der Waals surface area contributed by atoms with Crippen molar-refractivity contribution in [1.29, 1.82) is 0 Å². The first-order valence-electron chi connectivity index (χ1n) is 6.00. The summed E-state index contributed by atoms with van der Waals surface area (Å²) in [6, 6.07) is 6.51. The van der Waals surface area contributed by atoms with E-state index in [2.05, 4.69) is 0 Å². The van der Waals surface area contributed by atoms with Gasteiger partial charge in [0.25, 0.3) is 0 Å². The fourth-order valence-corrected chi connectivity index (χ4v) is 3.24. The molecule has 18 heavy (non-hydrogen) atoms. The molecule has 0 bridgehead atoms. The number of rotatable bonds is 6. The molecular formula is C13H19NO3S. The van der Waals surface area contributed by atoms with Crippen molar-refractivity contribution in [2.24, 2.45) is 0 Å². The summed E-state index contributed by atoms with van der Waals surface area (Å²) >= 11 is 0. The number of carbonyl (C=O) groups excluding carboxylic acids is 1. The van der Waals surface area contributed by atoms with Gasteiger partial charge in [-0.15, -0.1) is 0 Å². The Kier molecular flexibility index (Phi) is 5.04. The Bertz CT molecular complexity index is 502. The zero-order valence-electron chi connectivity index (χ0n) is 11.0. The molecule has 1 aromatic rings. The van der Waals surface area contributed by atoms with E-state index in [1.54, 1.807) is 24.3 Å². The Balaban J connectivity index is 3.01. The molecule has 1 rings (SSSR count). The van der Waals surface area contributed by atoms with E-state index in [-0.39, 0.29) is 10.7 Å². The van der Waals surface area contributed by atoms with Gasteiger partial charge in [-0.2, -0.15) is 4.31 Å². The first-order chi connectivity index (χ1) is 8.41. The average molecular weight is 269 g/mol. The number of nitrogens with zero attached hydrogens (tertiary/aromatic N) is 1. The summed E-state index contributed by atoms with van der Waals surface area (Å²) in [6.45, 7) is 6.04. The van der Waals surface area contributed by atoms with Crippen LogP contribution in [0.15, 0.2) is 29.2 Å². The summed E-state index contributed by atoms with van der Waals surface area (Å²) < 4.78 is 25.8. The molecule has 0 fully saturated rings. The summed E-state index contributed by atoms with van der Waals surface area (Å²) in [5.41, 5.74) is 0.834. The normalized spacial score (nSPS) is 11.8. The van der Waals surface area contributed by atoms with Crippen molar-refractivity contribution in [2.45, 2.75) is 32.1 Å². The lowest BCUT2D eigenvalue weighted by molar-refractivity contribution is -0.116. The summed E-state index contributed by atoms with van der Waals surface area (Å²) in [5.74, 6) is 0.0642. The predicted molar refractivity (Wildman–Crippen MR) is 70.9 cm³/mol. The molecule has 0 saturated carbocycles. The number of carbonyl (C=O) groups is 1. The second-order valence-electron chi connectivity index (χ2n) is 4.11. The van der Waals surface area contributed by atoms with Crippen molar-refractivity contribution in [3.05, 3.63) is 29.8 Å². The molecule has 0 aliphatic heterocycles. The summed E-state index contributed by atoms with van der Waals surface area (Å²) in [7, 11) is -3.40. The number of ketones is 1. The zero-order chi connectivity index (χ0) is 13.8. The third kappa shape index (κ3) is 3.40. The van der Waals surface area contributed by atoms with E-state index in [0.29, 0.717) is 19.5 Å². The smallest absolute Gasteiger partial charge is 0.243 e. The maximum absolute atomic E-state index is 12.2. The van der Waals surface area contributed by atoms with Gasteiger partial charge in [-0.05, 0) is 24.6 Å². The minimum absolute atomic E-state index is 0.0642. The SMILES string of the molecule is CCN(CC)S(=O)(=O)c1ccc(CC(C)=O)cc1. The Morgan fingerprint density at radius 1 is 1.11 bits per heavy atom. The second-order valence-corrected chi connectivity index (χ2v) is 6.05. The largest absolute Gasteiger partial charge is 0.300 e. The lowest BCUT2D eigenvalue weighted by atomic mass is 10.1. The molecule has 1 aromatic carbocycles. The highest BCUT2D eigenvalue weighted by Crippen LogP contribution is 2.16. The van der Waals surface area contributed by atoms with Crippen LogP contribution in [0.5, 0.6) is 0 Å². The van der Waals surface area contributed by atoms with Gasteiger partial charge in [0, 0.05) is 19.5 Å². The highest BCUT2D eigenvalue weighted by Gasteiger charge is 2.21. The van der Waals surface area contributed by atoms with Crippen LogP contribution in [0, 0.1) is 0 Å². The van der Waals surface area contributed by atoms with Gasteiger partial charge in [-0.3, -0.25) is 4.79 Å². The number of Topliss-reactive ketones (excluding diaryl/α,β-unsaturated/α-hetero) is 1. The molecule has 0 saturated heterocycles. The van der Waals surface area contributed by atoms with E-state index in [0.717, 1.165) is 5.56 Å². The second kappa shape index (κ2) is 6.11. The van der Waals surface area contributed by atoms with E-state index in [1.807, 2.05) is 13.8 Å². The molecule has 0 radical (unpaired) electrons. The van der Waals surface area contributed by atoms with Crippen molar-refractivity contribution in [2.75, 3.05) is 13.1 Å². The van der Waals surface area contributed by atoms with Crippen LogP contribution < -0.4 is 0 Å². The van der Waals surface area contributed by atoms with Crippen LogP contribution in [0.1, 0.15) is 26.3 Å². The molecule has 100 valence electrons. The maximum Gasteiger partial charge on any atom is 0.243 e. The fraction of sp³-hybridized carbons (Fsp3) is 0.462. The van der Waals surface area contributed by atoms with Crippen LogP contribution >= 0.6 is 0 Å². The van der Waals surface area contributed by atoms with Crippen molar-refractivity contribution in [3.63, 3.8) is 0 Å². The van der Waals surface area contributed by atoms with Crippen molar-refractivity contribution >= 4 is 15.8 Å². The van der Waals surface area contributed by atoms with Crippen molar-refractivity contribution in [1.82, 2.24) is 4.31 Å². The monoisotopic (exact) mass is 269 g/mol. The Hall–Kier alpha value is -1.20. The Labute approximate surface area is 109 Å². The third-order valence-electron chi connectivity index (χ3n) is 2.72. The summed E-state index contributed by atoms with van der Waals surface area (Å²) in [5, 5.41) is 0. The maximum atomic E-state index is 12.2. The number of sulfonamides is 1. The van der Waals surface area contributed by atoms with Crippen LogP contribution in [0.25, 0.3) is 0 Å². The van der Waals surface area contributed by atoms with Gasteiger partial charge < -0.3 is 0 Å². The minimum atomic E-state index is -3.40. The van der Waals surface area contributed by atoms with Gasteiger partial charge in [0.05, 0.1) is 4.90 Å². The van der Waals surface area contributed by atoms with Gasteiger partial charge in [-0.1, -0.05) is 26.0 Å². The minimum Gasteiger partial charge on any atom is -0.300 e. The molecule has 0 aliphatic carbocycles. The van der Waals surface area contributed by atoms with Crippen LogP contribution in [0.4, 0.5) is 0 Å². The molecule has 0 unspecified atom stereocenters. The zero-order valence-corrected chi connectivity index (χ0v) is 11.8. The van der Waals surface area contributed by atoms with Gasteiger partial charge in [0.1, 0.15) is 5.78 Å². The fourth-order valence-electron chi connectivity index (χ4n) is 1.78. The van der Waals surface area contributed by atoms with Crippen LogP contribution in [-0.4, -0.2) is 31.6 Å². The molecule has 0 amide bonds.